The van der Waals surface area contributed by atoms with Crippen molar-refractivity contribution in [2.45, 2.75) is 6.10 Å². The normalized spacial score (nSPS) is 13.4. The molecule has 1 aromatic heterocycles. The molecule has 0 fully saturated rings. The minimum Gasteiger partial charge on any atom is -0.375 e. The van der Waals surface area contributed by atoms with Crippen LogP contribution in [0.4, 0.5) is 0 Å². The van der Waals surface area contributed by atoms with E-state index in [0.29, 0.717) is 6.54 Å². The standard InChI is InChI=1S/C7H10BrNOS/c1-10-6(3-9)7-2-5(8)4-11-7/h2,4,6H,3,9H2,1H3. The fraction of sp³-hybridized carbons (Fsp3) is 0.429. The van der Waals surface area contributed by atoms with Crippen molar-refractivity contribution in [2.24, 2.45) is 5.73 Å². The summed E-state index contributed by atoms with van der Waals surface area (Å²) < 4.78 is 6.25. The van der Waals surface area contributed by atoms with Crippen LogP contribution in [0.3, 0.4) is 0 Å². The van der Waals surface area contributed by atoms with Gasteiger partial charge in [-0.25, -0.2) is 0 Å². The molecule has 1 aromatic rings. The molecule has 2 N–H and O–H groups in total. The molecule has 0 saturated heterocycles. The molecule has 0 aromatic carbocycles. The van der Waals surface area contributed by atoms with Gasteiger partial charge in [-0.15, -0.1) is 11.3 Å². The average molecular weight is 236 g/mol. The fourth-order valence-electron chi connectivity index (χ4n) is 0.826. The molecule has 1 unspecified atom stereocenters. The molecule has 0 aliphatic rings. The second-order valence-electron chi connectivity index (χ2n) is 2.13. The van der Waals surface area contributed by atoms with Crippen molar-refractivity contribution in [3.8, 4) is 0 Å². The zero-order valence-corrected chi connectivity index (χ0v) is 8.61. The molecule has 1 heterocycles. The fourth-order valence-corrected chi connectivity index (χ4v) is 2.36. The average Bonchev–Trinajstić information content (AvgIpc) is 2.39. The molecular formula is C7H10BrNOS. The lowest BCUT2D eigenvalue weighted by atomic mass is 10.3. The van der Waals surface area contributed by atoms with E-state index in [1.807, 2.05) is 11.4 Å². The number of ether oxygens (including phenoxy) is 1. The van der Waals surface area contributed by atoms with Gasteiger partial charge >= 0.3 is 0 Å². The predicted octanol–water partition coefficient (Wildman–Crippen LogP) is 2.16. The van der Waals surface area contributed by atoms with Crippen LogP contribution in [0.25, 0.3) is 0 Å². The Kier molecular flexibility index (Phi) is 3.51. The van der Waals surface area contributed by atoms with E-state index in [1.54, 1.807) is 18.4 Å². The molecule has 2 nitrogen and oxygen atoms in total. The van der Waals surface area contributed by atoms with Crippen LogP contribution in [-0.4, -0.2) is 13.7 Å². The Hall–Kier alpha value is 0.1000. The third-order valence-electron chi connectivity index (χ3n) is 1.40. The van der Waals surface area contributed by atoms with Crippen LogP contribution in [-0.2, 0) is 4.74 Å². The van der Waals surface area contributed by atoms with Gasteiger partial charge in [0.25, 0.3) is 0 Å². The molecule has 1 atom stereocenters. The van der Waals surface area contributed by atoms with Crippen LogP contribution >= 0.6 is 27.3 Å². The summed E-state index contributed by atoms with van der Waals surface area (Å²) in [5.74, 6) is 0. The molecule has 0 radical (unpaired) electrons. The molecule has 0 saturated carbocycles. The molecule has 62 valence electrons. The first-order chi connectivity index (χ1) is 5.27. The third kappa shape index (κ3) is 2.27. The van der Waals surface area contributed by atoms with Gasteiger partial charge in [-0.2, -0.15) is 0 Å². The number of rotatable bonds is 3. The van der Waals surface area contributed by atoms with E-state index in [1.165, 1.54) is 4.88 Å². The minimum absolute atomic E-state index is 0.0475. The van der Waals surface area contributed by atoms with Crippen molar-refractivity contribution >= 4 is 27.3 Å². The van der Waals surface area contributed by atoms with Crippen molar-refractivity contribution in [1.29, 1.82) is 0 Å². The molecule has 4 heteroatoms. The Morgan fingerprint density at radius 1 is 1.82 bits per heavy atom. The molecule has 1 rings (SSSR count). The van der Waals surface area contributed by atoms with Gasteiger partial charge in [0.15, 0.2) is 0 Å². The van der Waals surface area contributed by atoms with Crippen molar-refractivity contribution < 1.29 is 4.74 Å². The van der Waals surface area contributed by atoms with Crippen LogP contribution < -0.4 is 5.73 Å². The van der Waals surface area contributed by atoms with Gasteiger partial charge in [-0.1, -0.05) is 0 Å². The molecule has 0 bridgehead atoms. The molecule has 0 spiro atoms. The molecule has 0 aliphatic carbocycles. The summed E-state index contributed by atoms with van der Waals surface area (Å²) in [5, 5.41) is 2.02. The number of hydrogen-bond acceptors (Lipinski definition) is 3. The summed E-state index contributed by atoms with van der Waals surface area (Å²) in [7, 11) is 1.67. The first kappa shape index (κ1) is 9.19. The van der Waals surface area contributed by atoms with E-state index in [-0.39, 0.29) is 6.10 Å². The van der Waals surface area contributed by atoms with Gasteiger partial charge < -0.3 is 10.5 Å². The van der Waals surface area contributed by atoms with Crippen molar-refractivity contribution in [1.82, 2.24) is 0 Å². The predicted molar refractivity (Wildman–Crippen MR) is 50.8 cm³/mol. The van der Waals surface area contributed by atoms with E-state index < -0.39 is 0 Å². The largest absolute Gasteiger partial charge is 0.375 e. The van der Waals surface area contributed by atoms with Gasteiger partial charge in [-0.3, -0.25) is 0 Å². The van der Waals surface area contributed by atoms with Crippen LogP contribution in [0.2, 0.25) is 0 Å². The lowest BCUT2D eigenvalue weighted by Gasteiger charge is -2.09. The molecule has 0 amide bonds. The van der Waals surface area contributed by atoms with Gasteiger partial charge in [-0.05, 0) is 22.0 Å². The first-order valence-electron chi connectivity index (χ1n) is 3.24. The Bertz CT molecular complexity index is 222. The van der Waals surface area contributed by atoms with E-state index in [4.69, 9.17) is 10.5 Å². The number of thiophene rings is 1. The Balaban J connectivity index is 2.73. The van der Waals surface area contributed by atoms with Gasteiger partial charge in [0.2, 0.25) is 0 Å². The maximum atomic E-state index is 5.49. The van der Waals surface area contributed by atoms with Gasteiger partial charge in [0.05, 0.1) is 0 Å². The van der Waals surface area contributed by atoms with Crippen molar-refractivity contribution in [3.05, 3.63) is 20.8 Å². The Labute approximate surface area is 78.5 Å². The van der Waals surface area contributed by atoms with E-state index in [9.17, 15) is 0 Å². The monoisotopic (exact) mass is 235 g/mol. The zero-order chi connectivity index (χ0) is 8.27. The SMILES string of the molecule is COC(CN)c1cc(Br)cs1. The van der Waals surface area contributed by atoms with Gasteiger partial charge in [0, 0.05) is 28.4 Å². The summed E-state index contributed by atoms with van der Waals surface area (Å²) in [6, 6.07) is 2.03. The highest BCUT2D eigenvalue weighted by atomic mass is 79.9. The van der Waals surface area contributed by atoms with Crippen LogP contribution in [0.15, 0.2) is 15.9 Å². The van der Waals surface area contributed by atoms with Crippen molar-refractivity contribution in [2.75, 3.05) is 13.7 Å². The summed E-state index contributed by atoms with van der Waals surface area (Å²) in [5.41, 5.74) is 5.49. The topological polar surface area (TPSA) is 35.2 Å². The zero-order valence-electron chi connectivity index (χ0n) is 6.21. The molecule has 11 heavy (non-hydrogen) atoms. The van der Waals surface area contributed by atoms with E-state index in [2.05, 4.69) is 15.9 Å². The lowest BCUT2D eigenvalue weighted by molar-refractivity contribution is 0.113. The second-order valence-corrected chi connectivity index (χ2v) is 3.99. The van der Waals surface area contributed by atoms with Crippen LogP contribution in [0.5, 0.6) is 0 Å². The quantitative estimate of drug-likeness (QED) is 0.872. The highest BCUT2D eigenvalue weighted by molar-refractivity contribution is 9.10. The Morgan fingerprint density at radius 3 is 2.91 bits per heavy atom. The summed E-state index contributed by atoms with van der Waals surface area (Å²) >= 11 is 5.03. The maximum absolute atomic E-state index is 5.49. The number of methoxy groups -OCH3 is 1. The van der Waals surface area contributed by atoms with Crippen LogP contribution in [0.1, 0.15) is 11.0 Å². The van der Waals surface area contributed by atoms with Crippen LogP contribution in [0, 0.1) is 0 Å². The first-order valence-corrected chi connectivity index (χ1v) is 4.92. The summed E-state index contributed by atoms with van der Waals surface area (Å²) in [6.45, 7) is 0.531. The smallest absolute Gasteiger partial charge is 0.103 e. The highest BCUT2D eigenvalue weighted by Crippen LogP contribution is 2.26. The second kappa shape index (κ2) is 4.21. The summed E-state index contributed by atoms with van der Waals surface area (Å²) in [4.78, 5) is 1.17. The number of halogens is 1. The molecule has 0 aliphatic heterocycles. The van der Waals surface area contributed by atoms with Crippen molar-refractivity contribution in [3.63, 3.8) is 0 Å². The highest BCUT2D eigenvalue weighted by Gasteiger charge is 2.09. The third-order valence-corrected chi connectivity index (χ3v) is 3.19. The molecular weight excluding hydrogens is 226 g/mol. The minimum atomic E-state index is 0.0475. The number of nitrogens with two attached hydrogens (primary N) is 1. The number of hydrogen-bond donors (Lipinski definition) is 1. The van der Waals surface area contributed by atoms with E-state index >= 15 is 0 Å². The summed E-state index contributed by atoms with van der Waals surface area (Å²) in [6.07, 6.45) is 0.0475. The lowest BCUT2D eigenvalue weighted by Crippen LogP contribution is -2.12. The van der Waals surface area contributed by atoms with E-state index in [0.717, 1.165) is 4.47 Å². The van der Waals surface area contributed by atoms with Gasteiger partial charge in [0.1, 0.15) is 6.10 Å². The maximum Gasteiger partial charge on any atom is 0.103 e. The Morgan fingerprint density at radius 2 is 2.55 bits per heavy atom.